The van der Waals surface area contributed by atoms with Crippen LogP contribution in [-0.2, 0) is 14.3 Å². The summed E-state index contributed by atoms with van der Waals surface area (Å²) in [4.78, 5) is 24.9. The molecule has 1 aliphatic carbocycles. The minimum Gasteiger partial charge on any atom is -0.457 e. The van der Waals surface area contributed by atoms with E-state index >= 15 is 0 Å². The van der Waals surface area contributed by atoms with E-state index in [9.17, 15) is 9.59 Å². The standard InChI is InChI=1S/C24H26N2O5/c1-14-5-2-3-8-20(14)31-17-7-4-6-16(11-17)24(28)26-19-13-30-21-18(12-29-22(19)21)25-23(27)15-9-10-15/h2-8,11,15,18-19,21-22H,9-10,12-13H2,1H3,(H,25,27)(H,26,28)/t18-,19-,21+,22+/m0/s1. The minimum absolute atomic E-state index is 0.0794. The Bertz CT molecular complexity index is 989. The second-order valence-corrected chi connectivity index (χ2v) is 8.46. The number of hydrogen-bond acceptors (Lipinski definition) is 5. The van der Waals surface area contributed by atoms with Gasteiger partial charge in [-0.05, 0) is 49.6 Å². The largest absolute Gasteiger partial charge is 0.457 e. The lowest BCUT2D eigenvalue weighted by Gasteiger charge is -2.18. The molecule has 3 fully saturated rings. The van der Waals surface area contributed by atoms with E-state index in [1.54, 1.807) is 18.2 Å². The number of aryl methyl sites for hydroxylation is 1. The Morgan fingerprint density at radius 3 is 2.35 bits per heavy atom. The first kappa shape index (κ1) is 20.0. The highest BCUT2D eigenvalue weighted by Crippen LogP contribution is 2.32. The number of benzene rings is 2. The highest BCUT2D eigenvalue weighted by Gasteiger charge is 2.49. The zero-order valence-electron chi connectivity index (χ0n) is 17.4. The molecule has 7 nitrogen and oxygen atoms in total. The van der Waals surface area contributed by atoms with Gasteiger partial charge in [0.1, 0.15) is 23.7 Å². The van der Waals surface area contributed by atoms with E-state index < -0.39 is 0 Å². The molecule has 31 heavy (non-hydrogen) atoms. The predicted molar refractivity (Wildman–Crippen MR) is 113 cm³/mol. The molecule has 2 amide bonds. The van der Waals surface area contributed by atoms with E-state index in [0.717, 1.165) is 24.2 Å². The molecular weight excluding hydrogens is 396 g/mol. The summed E-state index contributed by atoms with van der Waals surface area (Å²) in [6, 6.07) is 14.4. The van der Waals surface area contributed by atoms with E-state index in [2.05, 4.69) is 10.6 Å². The molecule has 3 aliphatic rings. The topological polar surface area (TPSA) is 85.9 Å². The first-order valence-corrected chi connectivity index (χ1v) is 10.8. The molecule has 2 heterocycles. The molecule has 0 radical (unpaired) electrons. The van der Waals surface area contributed by atoms with Gasteiger partial charge in [-0.15, -0.1) is 0 Å². The predicted octanol–water partition coefficient (Wildman–Crippen LogP) is 2.58. The van der Waals surface area contributed by atoms with Crippen molar-refractivity contribution < 1.29 is 23.8 Å². The summed E-state index contributed by atoms with van der Waals surface area (Å²) in [5.41, 5.74) is 1.53. The van der Waals surface area contributed by atoms with Crippen molar-refractivity contribution in [3.63, 3.8) is 0 Å². The quantitative estimate of drug-likeness (QED) is 0.747. The highest BCUT2D eigenvalue weighted by molar-refractivity contribution is 5.94. The third kappa shape index (κ3) is 4.29. The monoisotopic (exact) mass is 422 g/mol. The maximum atomic E-state index is 12.9. The molecule has 0 unspecified atom stereocenters. The third-order valence-corrected chi connectivity index (χ3v) is 6.06. The lowest BCUT2D eigenvalue weighted by atomic mass is 10.1. The van der Waals surface area contributed by atoms with E-state index in [0.29, 0.717) is 24.5 Å². The number of hydrogen-bond donors (Lipinski definition) is 2. The van der Waals surface area contributed by atoms with Gasteiger partial charge in [-0.2, -0.15) is 0 Å². The summed E-state index contributed by atoms with van der Waals surface area (Å²) in [6.45, 7) is 2.74. The minimum atomic E-state index is -0.264. The molecule has 162 valence electrons. The molecule has 2 aromatic carbocycles. The van der Waals surface area contributed by atoms with Crippen molar-refractivity contribution >= 4 is 11.8 Å². The summed E-state index contributed by atoms with van der Waals surface area (Å²) in [6.07, 6.45) is 1.42. The zero-order valence-corrected chi connectivity index (χ0v) is 17.4. The van der Waals surface area contributed by atoms with Gasteiger partial charge in [-0.25, -0.2) is 0 Å². The van der Waals surface area contributed by atoms with Crippen LogP contribution in [0.1, 0.15) is 28.8 Å². The Kier molecular flexibility index (Phi) is 5.38. The number of carbonyl (C=O) groups is 2. The fourth-order valence-corrected chi connectivity index (χ4v) is 4.14. The van der Waals surface area contributed by atoms with Gasteiger partial charge in [0.2, 0.25) is 5.91 Å². The molecule has 2 aliphatic heterocycles. The van der Waals surface area contributed by atoms with Crippen LogP contribution in [0.25, 0.3) is 0 Å². The second kappa shape index (κ2) is 8.32. The van der Waals surface area contributed by atoms with E-state index in [1.165, 1.54) is 0 Å². The molecule has 0 bridgehead atoms. The van der Waals surface area contributed by atoms with Gasteiger partial charge in [0.05, 0.1) is 25.3 Å². The van der Waals surface area contributed by atoms with E-state index in [1.807, 2.05) is 37.3 Å². The summed E-state index contributed by atoms with van der Waals surface area (Å²) in [5.74, 6) is 1.37. The summed E-state index contributed by atoms with van der Waals surface area (Å²) < 4.78 is 17.7. The smallest absolute Gasteiger partial charge is 0.251 e. The molecular formula is C24H26N2O5. The number of ether oxygens (including phenoxy) is 3. The normalized spacial score (nSPS) is 26.9. The van der Waals surface area contributed by atoms with Gasteiger partial charge in [0.25, 0.3) is 5.91 Å². The number of para-hydroxylation sites is 1. The first-order chi connectivity index (χ1) is 15.1. The van der Waals surface area contributed by atoms with E-state index in [4.69, 9.17) is 14.2 Å². The van der Waals surface area contributed by atoms with Crippen molar-refractivity contribution in [3.05, 3.63) is 59.7 Å². The lowest BCUT2D eigenvalue weighted by molar-refractivity contribution is -0.123. The van der Waals surface area contributed by atoms with E-state index in [-0.39, 0.29) is 42.0 Å². The molecule has 7 heteroatoms. The summed E-state index contributed by atoms with van der Waals surface area (Å²) in [7, 11) is 0. The van der Waals surface area contributed by atoms with Crippen molar-refractivity contribution in [1.29, 1.82) is 0 Å². The second-order valence-electron chi connectivity index (χ2n) is 8.46. The summed E-state index contributed by atoms with van der Waals surface area (Å²) >= 11 is 0. The lowest BCUT2D eigenvalue weighted by Crippen LogP contribution is -2.47. The van der Waals surface area contributed by atoms with Crippen LogP contribution >= 0.6 is 0 Å². The highest BCUT2D eigenvalue weighted by atomic mass is 16.6. The Labute approximate surface area is 181 Å². The number of amides is 2. The number of fused-ring (bicyclic) bond motifs is 1. The number of carbonyl (C=O) groups excluding carboxylic acids is 2. The van der Waals surface area contributed by atoms with Gasteiger partial charge in [0, 0.05) is 11.5 Å². The van der Waals surface area contributed by atoms with Crippen LogP contribution in [0.15, 0.2) is 48.5 Å². The Morgan fingerprint density at radius 1 is 0.935 bits per heavy atom. The van der Waals surface area contributed by atoms with Crippen molar-refractivity contribution in [3.8, 4) is 11.5 Å². The fraction of sp³-hybridized carbons (Fsp3) is 0.417. The average Bonchev–Trinajstić information content (AvgIpc) is 3.45. The molecule has 0 aromatic heterocycles. The van der Waals surface area contributed by atoms with Gasteiger partial charge >= 0.3 is 0 Å². The van der Waals surface area contributed by atoms with Crippen LogP contribution in [-0.4, -0.2) is 49.3 Å². The molecule has 5 rings (SSSR count). The van der Waals surface area contributed by atoms with Crippen LogP contribution in [0.3, 0.4) is 0 Å². The van der Waals surface area contributed by atoms with Crippen molar-refractivity contribution in [2.45, 2.75) is 44.1 Å². The van der Waals surface area contributed by atoms with Crippen molar-refractivity contribution in [2.24, 2.45) is 5.92 Å². The summed E-state index contributed by atoms with van der Waals surface area (Å²) in [5, 5.41) is 6.06. The zero-order chi connectivity index (χ0) is 21.4. The Hall–Kier alpha value is -2.90. The molecule has 2 saturated heterocycles. The van der Waals surface area contributed by atoms with Gasteiger partial charge < -0.3 is 24.8 Å². The van der Waals surface area contributed by atoms with Crippen molar-refractivity contribution in [2.75, 3.05) is 13.2 Å². The molecule has 1 saturated carbocycles. The molecule has 2 N–H and O–H groups in total. The SMILES string of the molecule is Cc1ccccc1Oc1cccc(C(=O)N[C@H]2CO[C@H]3[C@@H]2OC[C@@H]3NC(=O)C2CC2)c1. The number of rotatable bonds is 6. The fourth-order valence-electron chi connectivity index (χ4n) is 4.14. The molecule has 0 spiro atoms. The van der Waals surface area contributed by atoms with Crippen LogP contribution < -0.4 is 15.4 Å². The Morgan fingerprint density at radius 2 is 1.65 bits per heavy atom. The van der Waals surface area contributed by atoms with Crippen molar-refractivity contribution in [1.82, 2.24) is 10.6 Å². The average molecular weight is 422 g/mol. The third-order valence-electron chi connectivity index (χ3n) is 6.06. The Balaban J connectivity index is 1.21. The molecule has 2 aromatic rings. The number of nitrogens with one attached hydrogen (secondary N) is 2. The van der Waals surface area contributed by atoms with Crippen LogP contribution in [0.2, 0.25) is 0 Å². The van der Waals surface area contributed by atoms with Gasteiger partial charge in [-0.1, -0.05) is 24.3 Å². The van der Waals surface area contributed by atoms with Crippen LogP contribution in [0.4, 0.5) is 0 Å². The van der Waals surface area contributed by atoms with Gasteiger partial charge in [0.15, 0.2) is 0 Å². The molecule has 4 atom stereocenters. The maximum Gasteiger partial charge on any atom is 0.251 e. The van der Waals surface area contributed by atoms with Gasteiger partial charge in [-0.3, -0.25) is 9.59 Å². The van der Waals surface area contributed by atoms with Crippen LogP contribution in [0.5, 0.6) is 11.5 Å². The van der Waals surface area contributed by atoms with Crippen LogP contribution in [0, 0.1) is 12.8 Å². The first-order valence-electron chi connectivity index (χ1n) is 10.8. The maximum absolute atomic E-state index is 12.9.